The second-order valence-electron chi connectivity index (χ2n) is 6.80. The fourth-order valence-electron chi connectivity index (χ4n) is 2.92. The van der Waals surface area contributed by atoms with Crippen LogP contribution in [0.3, 0.4) is 0 Å². The monoisotopic (exact) mass is 385 g/mol. The molecule has 0 N–H and O–H groups in total. The molecule has 1 aliphatic heterocycles. The normalized spacial score (nSPS) is 20.9. The molecular formula is C17H24INO. The molecule has 3 heteroatoms. The van der Waals surface area contributed by atoms with E-state index in [0.717, 1.165) is 32.4 Å². The molecule has 2 nitrogen and oxygen atoms in total. The van der Waals surface area contributed by atoms with E-state index in [1.54, 1.807) is 0 Å². The Labute approximate surface area is 136 Å². The van der Waals surface area contributed by atoms with Crippen LogP contribution in [-0.4, -0.2) is 17.4 Å². The van der Waals surface area contributed by atoms with Crippen molar-refractivity contribution in [2.75, 3.05) is 6.54 Å². The SMILES string of the molecule is CC(C)(C)C1CCCCN(Cc2cccc(I)c2)C1=O. The van der Waals surface area contributed by atoms with Crippen molar-refractivity contribution in [3.63, 3.8) is 0 Å². The summed E-state index contributed by atoms with van der Waals surface area (Å²) < 4.78 is 1.23. The molecule has 1 heterocycles. The number of hydrogen-bond donors (Lipinski definition) is 0. The Bertz CT molecular complexity index is 478. The molecule has 20 heavy (non-hydrogen) atoms. The molecule has 0 radical (unpaired) electrons. The van der Waals surface area contributed by atoms with Gasteiger partial charge in [-0.15, -0.1) is 0 Å². The minimum Gasteiger partial charge on any atom is -0.338 e. The predicted molar refractivity (Wildman–Crippen MR) is 91.4 cm³/mol. The van der Waals surface area contributed by atoms with Gasteiger partial charge in [0.2, 0.25) is 5.91 Å². The van der Waals surface area contributed by atoms with Crippen molar-refractivity contribution in [2.24, 2.45) is 11.3 Å². The molecule has 1 amide bonds. The molecular weight excluding hydrogens is 361 g/mol. The van der Waals surface area contributed by atoms with E-state index in [4.69, 9.17) is 0 Å². The highest BCUT2D eigenvalue weighted by Crippen LogP contribution is 2.34. The van der Waals surface area contributed by atoms with Crippen LogP contribution >= 0.6 is 22.6 Å². The van der Waals surface area contributed by atoms with Crippen molar-refractivity contribution in [1.29, 1.82) is 0 Å². The highest BCUT2D eigenvalue weighted by atomic mass is 127. The molecule has 1 aromatic rings. The lowest BCUT2D eigenvalue weighted by Crippen LogP contribution is -2.39. The van der Waals surface area contributed by atoms with Crippen molar-refractivity contribution < 1.29 is 4.79 Å². The van der Waals surface area contributed by atoms with Crippen LogP contribution in [0.1, 0.15) is 45.6 Å². The number of benzene rings is 1. The number of carbonyl (C=O) groups excluding carboxylic acids is 1. The van der Waals surface area contributed by atoms with Gasteiger partial charge in [-0.05, 0) is 58.5 Å². The van der Waals surface area contributed by atoms with Crippen LogP contribution < -0.4 is 0 Å². The summed E-state index contributed by atoms with van der Waals surface area (Å²) in [5, 5.41) is 0. The summed E-state index contributed by atoms with van der Waals surface area (Å²) in [5.41, 5.74) is 1.30. The van der Waals surface area contributed by atoms with Crippen LogP contribution in [0.5, 0.6) is 0 Å². The summed E-state index contributed by atoms with van der Waals surface area (Å²) in [7, 11) is 0. The van der Waals surface area contributed by atoms with E-state index in [2.05, 4.69) is 72.5 Å². The third-order valence-electron chi connectivity index (χ3n) is 4.09. The number of nitrogens with zero attached hydrogens (tertiary/aromatic N) is 1. The molecule has 1 aromatic carbocycles. The Hall–Kier alpha value is -0.580. The molecule has 0 spiro atoms. The number of halogens is 1. The number of hydrogen-bond acceptors (Lipinski definition) is 1. The van der Waals surface area contributed by atoms with Crippen LogP contribution in [0.2, 0.25) is 0 Å². The summed E-state index contributed by atoms with van der Waals surface area (Å²) in [5.74, 6) is 0.502. The zero-order valence-electron chi connectivity index (χ0n) is 12.7. The van der Waals surface area contributed by atoms with Gasteiger partial charge in [0.1, 0.15) is 0 Å². The number of likely N-dealkylation sites (tertiary alicyclic amines) is 1. The van der Waals surface area contributed by atoms with E-state index in [0.29, 0.717) is 5.91 Å². The van der Waals surface area contributed by atoms with Gasteiger partial charge >= 0.3 is 0 Å². The Morgan fingerprint density at radius 2 is 2.05 bits per heavy atom. The lowest BCUT2D eigenvalue weighted by molar-refractivity contribution is -0.139. The van der Waals surface area contributed by atoms with Crippen LogP contribution in [0.25, 0.3) is 0 Å². The molecule has 1 atom stereocenters. The maximum atomic E-state index is 12.8. The Kier molecular flexibility index (Phi) is 5.10. The topological polar surface area (TPSA) is 20.3 Å². The lowest BCUT2D eigenvalue weighted by Gasteiger charge is -2.32. The van der Waals surface area contributed by atoms with Crippen molar-refractivity contribution >= 4 is 28.5 Å². The third kappa shape index (κ3) is 3.96. The van der Waals surface area contributed by atoms with E-state index < -0.39 is 0 Å². The summed E-state index contributed by atoms with van der Waals surface area (Å²) >= 11 is 2.33. The average molecular weight is 385 g/mol. The fraction of sp³-hybridized carbons (Fsp3) is 0.588. The first kappa shape index (κ1) is 15.8. The molecule has 0 aromatic heterocycles. The molecule has 1 unspecified atom stereocenters. The summed E-state index contributed by atoms with van der Waals surface area (Å²) in [6, 6.07) is 8.45. The van der Waals surface area contributed by atoms with E-state index in [9.17, 15) is 4.79 Å². The average Bonchev–Trinajstić information content (AvgIpc) is 2.52. The van der Waals surface area contributed by atoms with Gasteiger partial charge in [0.25, 0.3) is 0 Å². The van der Waals surface area contributed by atoms with E-state index in [1.807, 2.05) is 0 Å². The van der Waals surface area contributed by atoms with E-state index in [1.165, 1.54) is 9.13 Å². The molecule has 110 valence electrons. The summed E-state index contributed by atoms with van der Waals surface area (Å²) in [4.78, 5) is 14.9. The van der Waals surface area contributed by atoms with Crippen molar-refractivity contribution in [3.05, 3.63) is 33.4 Å². The number of carbonyl (C=O) groups is 1. The van der Waals surface area contributed by atoms with Gasteiger partial charge in [-0.1, -0.05) is 39.3 Å². The van der Waals surface area contributed by atoms with Crippen molar-refractivity contribution in [3.8, 4) is 0 Å². The highest BCUT2D eigenvalue weighted by Gasteiger charge is 2.35. The minimum absolute atomic E-state index is 0.0603. The van der Waals surface area contributed by atoms with Gasteiger partial charge in [-0.25, -0.2) is 0 Å². The van der Waals surface area contributed by atoms with Crippen LogP contribution in [0.4, 0.5) is 0 Å². The number of amides is 1. The number of rotatable bonds is 2. The van der Waals surface area contributed by atoms with Gasteiger partial charge in [-0.3, -0.25) is 4.79 Å². The van der Waals surface area contributed by atoms with Crippen LogP contribution in [0.15, 0.2) is 24.3 Å². The first-order valence-electron chi connectivity index (χ1n) is 7.41. The van der Waals surface area contributed by atoms with Crippen LogP contribution in [-0.2, 0) is 11.3 Å². The van der Waals surface area contributed by atoms with Crippen LogP contribution in [0, 0.1) is 14.9 Å². The second kappa shape index (κ2) is 6.46. The Balaban J connectivity index is 2.15. The Morgan fingerprint density at radius 1 is 1.30 bits per heavy atom. The van der Waals surface area contributed by atoms with Gasteiger partial charge < -0.3 is 4.90 Å². The maximum absolute atomic E-state index is 12.8. The van der Waals surface area contributed by atoms with Gasteiger partial charge in [-0.2, -0.15) is 0 Å². The van der Waals surface area contributed by atoms with Crippen molar-refractivity contribution in [1.82, 2.24) is 4.90 Å². The van der Waals surface area contributed by atoms with E-state index in [-0.39, 0.29) is 11.3 Å². The molecule has 0 aliphatic carbocycles. The molecule has 0 bridgehead atoms. The highest BCUT2D eigenvalue weighted by molar-refractivity contribution is 14.1. The molecule has 1 aliphatic rings. The largest absolute Gasteiger partial charge is 0.338 e. The zero-order valence-corrected chi connectivity index (χ0v) is 14.8. The Morgan fingerprint density at radius 3 is 2.70 bits per heavy atom. The van der Waals surface area contributed by atoms with Crippen molar-refractivity contribution in [2.45, 2.75) is 46.6 Å². The van der Waals surface area contributed by atoms with Gasteiger partial charge in [0, 0.05) is 22.6 Å². The predicted octanol–water partition coefficient (Wildman–Crippen LogP) is 4.47. The quantitative estimate of drug-likeness (QED) is 0.689. The smallest absolute Gasteiger partial charge is 0.226 e. The first-order valence-corrected chi connectivity index (χ1v) is 8.49. The maximum Gasteiger partial charge on any atom is 0.226 e. The third-order valence-corrected chi connectivity index (χ3v) is 4.76. The van der Waals surface area contributed by atoms with Gasteiger partial charge in [0.05, 0.1) is 0 Å². The molecule has 2 rings (SSSR count). The summed E-state index contributed by atoms with van der Waals surface area (Å²) in [6.45, 7) is 8.21. The minimum atomic E-state index is 0.0603. The van der Waals surface area contributed by atoms with Gasteiger partial charge in [0.15, 0.2) is 0 Å². The molecule has 0 saturated carbocycles. The lowest BCUT2D eigenvalue weighted by atomic mass is 9.77. The zero-order chi connectivity index (χ0) is 14.8. The standard InChI is InChI=1S/C17H24INO/c1-17(2,3)15-9-4-5-10-19(16(15)20)12-13-7-6-8-14(18)11-13/h6-8,11,15H,4-5,9-10,12H2,1-3H3. The second-order valence-corrected chi connectivity index (χ2v) is 8.05. The fourth-order valence-corrected chi connectivity index (χ4v) is 3.53. The molecule has 1 saturated heterocycles. The summed E-state index contributed by atoms with van der Waals surface area (Å²) in [6.07, 6.45) is 3.32. The van der Waals surface area contributed by atoms with E-state index >= 15 is 0 Å². The molecule has 1 fully saturated rings. The first-order chi connectivity index (χ1) is 9.38.